The van der Waals surface area contributed by atoms with Crippen LogP contribution in [0.5, 0.6) is 0 Å². The lowest BCUT2D eigenvalue weighted by molar-refractivity contribution is 0.0933. The van der Waals surface area contributed by atoms with Crippen LogP contribution in [0.15, 0.2) is 24.3 Å². The first-order valence-electron chi connectivity index (χ1n) is 7.58. The molecule has 4 N–H and O–H groups in total. The first-order valence-corrected chi connectivity index (χ1v) is 7.58. The molecule has 1 aliphatic carbocycles. The predicted molar refractivity (Wildman–Crippen MR) is 81.8 cm³/mol. The van der Waals surface area contributed by atoms with Crippen LogP contribution >= 0.6 is 0 Å². The van der Waals surface area contributed by atoms with Crippen LogP contribution < -0.4 is 16.4 Å². The smallest absolute Gasteiger partial charge is 0.312 e. The number of primary amides is 1. The molecule has 1 aromatic rings. The van der Waals surface area contributed by atoms with E-state index in [1.165, 1.54) is 25.7 Å². The van der Waals surface area contributed by atoms with Crippen molar-refractivity contribution in [2.75, 3.05) is 0 Å². The lowest BCUT2D eigenvalue weighted by Gasteiger charge is -2.16. The summed E-state index contributed by atoms with van der Waals surface area (Å²) in [6.45, 7) is 0.375. The van der Waals surface area contributed by atoms with E-state index < -0.39 is 6.03 Å². The van der Waals surface area contributed by atoms with Crippen molar-refractivity contribution in [3.63, 3.8) is 0 Å². The number of hydrogen-bond acceptors (Lipinski definition) is 2. The SMILES string of the molecule is NC(=O)NCc1ccc(C(=O)NC2CCCCCC2)cc1. The molecular formula is C16H23N3O2. The molecule has 0 aromatic heterocycles. The van der Waals surface area contributed by atoms with E-state index in [2.05, 4.69) is 10.6 Å². The second-order valence-corrected chi connectivity index (χ2v) is 5.58. The van der Waals surface area contributed by atoms with E-state index in [1.807, 2.05) is 12.1 Å². The lowest BCUT2D eigenvalue weighted by Crippen LogP contribution is -2.34. The van der Waals surface area contributed by atoms with Gasteiger partial charge in [0.25, 0.3) is 5.91 Å². The third-order valence-corrected chi connectivity index (χ3v) is 3.87. The zero-order chi connectivity index (χ0) is 15.1. The number of amides is 3. The maximum Gasteiger partial charge on any atom is 0.312 e. The van der Waals surface area contributed by atoms with E-state index in [0.717, 1.165) is 18.4 Å². The van der Waals surface area contributed by atoms with Gasteiger partial charge in [-0.2, -0.15) is 0 Å². The molecule has 2 rings (SSSR count). The monoisotopic (exact) mass is 289 g/mol. The van der Waals surface area contributed by atoms with Crippen LogP contribution in [-0.2, 0) is 6.54 Å². The summed E-state index contributed by atoms with van der Waals surface area (Å²) >= 11 is 0. The van der Waals surface area contributed by atoms with Gasteiger partial charge >= 0.3 is 6.03 Å². The molecule has 0 saturated heterocycles. The molecular weight excluding hydrogens is 266 g/mol. The third-order valence-electron chi connectivity index (χ3n) is 3.87. The molecule has 21 heavy (non-hydrogen) atoms. The summed E-state index contributed by atoms with van der Waals surface area (Å²) in [5.74, 6) is -0.0173. The molecule has 0 aliphatic heterocycles. The Labute approximate surface area is 125 Å². The summed E-state index contributed by atoms with van der Waals surface area (Å²) in [5, 5.41) is 5.64. The number of benzene rings is 1. The highest BCUT2D eigenvalue weighted by atomic mass is 16.2. The number of nitrogens with one attached hydrogen (secondary N) is 2. The average molecular weight is 289 g/mol. The summed E-state index contributed by atoms with van der Waals surface area (Å²) in [7, 11) is 0. The van der Waals surface area contributed by atoms with Crippen molar-refractivity contribution in [2.45, 2.75) is 51.1 Å². The quantitative estimate of drug-likeness (QED) is 0.743. The Morgan fingerprint density at radius 3 is 2.24 bits per heavy atom. The van der Waals surface area contributed by atoms with Gasteiger partial charge in [0.1, 0.15) is 0 Å². The Kier molecular flexibility index (Phi) is 5.60. The Balaban J connectivity index is 1.88. The van der Waals surface area contributed by atoms with Crippen LogP contribution in [0, 0.1) is 0 Å². The predicted octanol–water partition coefficient (Wildman–Crippen LogP) is 2.31. The highest BCUT2D eigenvalue weighted by Crippen LogP contribution is 2.17. The number of nitrogens with two attached hydrogens (primary N) is 1. The van der Waals surface area contributed by atoms with Crippen LogP contribution in [0.2, 0.25) is 0 Å². The van der Waals surface area contributed by atoms with Crippen molar-refractivity contribution in [3.05, 3.63) is 35.4 Å². The summed E-state index contributed by atoms with van der Waals surface area (Å²) in [6, 6.07) is 6.98. The van der Waals surface area contributed by atoms with Crippen LogP contribution in [0.4, 0.5) is 4.79 Å². The van der Waals surface area contributed by atoms with Gasteiger partial charge in [-0.15, -0.1) is 0 Å². The fourth-order valence-corrected chi connectivity index (χ4v) is 2.66. The molecule has 0 unspecified atom stereocenters. The van der Waals surface area contributed by atoms with Gasteiger partial charge in [0.05, 0.1) is 0 Å². The van der Waals surface area contributed by atoms with E-state index in [9.17, 15) is 9.59 Å². The van der Waals surface area contributed by atoms with E-state index in [1.54, 1.807) is 12.1 Å². The van der Waals surface area contributed by atoms with E-state index in [-0.39, 0.29) is 5.91 Å². The fourth-order valence-electron chi connectivity index (χ4n) is 2.66. The maximum absolute atomic E-state index is 12.2. The zero-order valence-corrected chi connectivity index (χ0v) is 12.2. The molecule has 0 bridgehead atoms. The van der Waals surface area contributed by atoms with Crippen LogP contribution in [0.3, 0.4) is 0 Å². The number of urea groups is 1. The van der Waals surface area contributed by atoms with E-state index in [4.69, 9.17) is 5.73 Å². The Hall–Kier alpha value is -2.04. The van der Waals surface area contributed by atoms with Gasteiger partial charge in [0.15, 0.2) is 0 Å². The van der Waals surface area contributed by atoms with Gasteiger partial charge in [0, 0.05) is 18.2 Å². The minimum Gasteiger partial charge on any atom is -0.352 e. The second kappa shape index (κ2) is 7.67. The molecule has 1 aliphatic rings. The van der Waals surface area contributed by atoms with Crippen molar-refractivity contribution in [1.29, 1.82) is 0 Å². The highest BCUT2D eigenvalue weighted by Gasteiger charge is 2.15. The van der Waals surface area contributed by atoms with E-state index in [0.29, 0.717) is 18.2 Å². The molecule has 3 amide bonds. The van der Waals surface area contributed by atoms with Crippen molar-refractivity contribution < 1.29 is 9.59 Å². The number of carbonyl (C=O) groups excluding carboxylic acids is 2. The standard InChI is InChI=1S/C16H23N3O2/c17-16(21)18-11-12-7-9-13(10-8-12)15(20)19-14-5-3-1-2-4-6-14/h7-10,14H,1-6,11H2,(H,19,20)(H3,17,18,21). The van der Waals surface area contributed by atoms with Crippen LogP contribution in [-0.4, -0.2) is 18.0 Å². The van der Waals surface area contributed by atoms with Crippen molar-refractivity contribution in [2.24, 2.45) is 5.73 Å². The minimum atomic E-state index is -0.551. The second-order valence-electron chi connectivity index (χ2n) is 5.58. The summed E-state index contributed by atoms with van der Waals surface area (Å²) < 4.78 is 0. The molecule has 0 atom stereocenters. The Bertz CT molecular complexity index is 477. The number of hydrogen-bond donors (Lipinski definition) is 3. The van der Waals surface area contributed by atoms with Gasteiger partial charge in [0.2, 0.25) is 0 Å². The molecule has 0 spiro atoms. The van der Waals surface area contributed by atoms with Crippen LogP contribution in [0.1, 0.15) is 54.4 Å². The molecule has 0 heterocycles. The molecule has 1 aromatic carbocycles. The van der Waals surface area contributed by atoms with Crippen molar-refractivity contribution in [3.8, 4) is 0 Å². The lowest BCUT2D eigenvalue weighted by atomic mass is 10.1. The third kappa shape index (κ3) is 5.10. The van der Waals surface area contributed by atoms with Crippen molar-refractivity contribution >= 4 is 11.9 Å². The van der Waals surface area contributed by atoms with Gasteiger partial charge in [-0.1, -0.05) is 37.8 Å². The summed E-state index contributed by atoms with van der Waals surface area (Å²) in [4.78, 5) is 22.8. The summed E-state index contributed by atoms with van der Waals surface area (Å²) in [6.07, 6.45) is 7.09. The molecule has 114 valence electrons. The average Bonchev–Trinajstić information content (AvgIpc) is 2.74. The topological polar surface area (TPSA) is 84.2 Å². The molecule has 1 fully saturated rings. The first-order chi connectivity index (χ1) is 10.1. The molecule has 1 saturated carbocycles. The first kappa shape index (κ1) is 15.4. The van der Waals surface area contributed by atoms with Crippen molar-refractivity contribution in [1.82, 2.24) is 10.6 Å². The Morgan fingerprint density at radius 1 is 1.05 bits per heavy atom. The van der Waals surface area contributed by atoms with E-state index >= 15 is 0 Å². The minimum absolute atomic E-state index is 0.0173. The maximum atomic E-state index is 12.2. The van der Waals surface area contributed by atoms with Crippen LogP contribution in [0.25, 0.3) is 0 Å². The Morgan fingerprint density at radius 2 is 1.67 bits per heavy atom. The summed E-state index contributed by atoms with van der Waals surface area (Å²) in [5.41, 5.74) is 6.59. The largest absolute Gasteiger partial charge is 0.352 e. The molecule has 0 radical (unpaired) electrons. The number of carbonyl (C=O) groups is 2. The normalized spacial score (nSPS) is 16.0. The van der Waals surface area contributed by atoms with Gasteiger partial charge in [-0.05, 0) is 30.5 Å². The molecule has 5 nitrogen and oxygen atoms in total. The van der Waals surface area contributed by atoms with Gasteiger partial charge in [-0.3, -0.25) is 4.79 Å². The van der Waals surface area contributed by atoms with Gasteiger partial charge < -0.3 is 16.4 Å². The zero-order valence-electron chi connectivity index (χ0n) is 12.2. The fraction of sp³-hybridized carbons (Fsp3) is 0.500. The number of rotatable bonds is 4. The highest BCUT2D eigenvalue weighted by molar-refractivity contribution is 5.94. The molecule has 5 heteroatoms. The van der Waals surface area contributed by atoms with Gasteiger partial charge in [-0.25, -0.2) is 4.79 Å².